The second-order valence-electron chi connectivity index (χ2n) is 4.92. The normalized spacial score (nSPS) is 10.8. The number of aryl methyl sites for hydroxylation is 2. The predicted molar refractivity (Wildman–Crippen MR) is 86.5 cm³/mol. The van der Waals surface area contributed by atoms with Crippen molar-refractivity contribution < 1.29 is 9.53 Å². The molecule has 0 atom stereocenters. The van der Waals surface area contributed by atoms with Crippen molar-refractivity contribution in [1.29, 1.82) is 0 Å². The minimum Gasteiger partial charge on any atom is -0.495 e. The number of nitrogens with zero attached hydrogens (tertiary/aromatic N) is 1. The van der Waals surface area contributed by atoms with Crippen LogP contribution in [0.1, 0.15) is 16.1 Å². The maximum absolute atomic E-state index is 12.5. The molecule has 2 aromatic heterocycles. The molecule has 0 saturated carbocycles. The van der Waals surface area contributed by atoms with Gasteiger partial charge in [-0.05, 0) is 42.1 Å². The Balaban J connectivity index is 1.94. The van der Waals surface area contributed by atoms with Gasteiger partial charge >= 0.3 is 0 Å². The van der Waals surface area contributed by atoms with Crippen LogP contribution in [-0.2, 0) is 7.05 Å². The van der Waals surface area contributed by atoms with Gasteiger partial charge in [-0.3, -0.25) is 4.79 Å². The molecule has 3 rings (SSSR count). The van der Waals surface area contributed by atoms with E-state index in [0.717, 1.165) is 15.8 Å². The SMILES string of the molecule is COc1ccc(C)cc1NC(=O)c1cc2sccc2n1C. The number of rotatable bonds is 3. The van der Waals surface area contributed by atoms with Crippen LogP contribution >= 0.6 is 11.3 Å². The van der Waals surface area contributed by atoms with Crippen molar-refractivity contribution >= 4 is 33.1 Å². The Kier molecular flexibility index (Phi) is 3.43. The Bertz CT molecular complexity index is 817. The smallest absolute Gasteiger partial charge is 0.272 e. The highest BCUT2D eigenvalue weighted by Gasteiger charge is 2.15. The molecule has 1 amide bonds. The van der Waals surface area contributed by atoms with E-state index < -0.39 is 0 Å². The van der Waals surface area contributed by atoms with E-state index in [2.05, 4.69) is 5.32 Å². The summed E-state index contributed by atoms with van der Waals surface area (Å²) in [7, 11) is 3.50. The maximum Gasteiger partial charge on any atom is 0.272 e. The molecule has 0 saturated heterocycles. The summed E-state index contributed by atoms with van der Waals surface area (Å²) in [5, 5.41) is 4.95. The molecule has 0 bridgehead atoms. The van der Waals surface area contributed by atoms with Crippen LogP contribution in [0, 0.1) is 6.92 Å². The molecule has 5 heteroatoms. The largest absolute Gasteiger partial charge is 0.495 e. The first-order chi connectivity index (χ1) is 10.1. The third-order valence-corrected chi connectivity index (χ3v) is 4.35. The van der Waals surface area contributed by atoms with E-state index in [-0.39, 0.29) is 5.91 Å². The Morgan fingerprint density at radius 2 is 2.10 bits per heavy atom. The fourth-order valence-corrected chi connectivity index (χ4v) is 3.22. The van der Waals surface area contributed by atoms with Crippen molar-refractivity contribution in [2.75, 3.05) is 12.4 Å². The number of ether oxygens (including phenoxy) is 1. The lowest BCUT2D eigenvalue weighted by atomic mass is 10.2. The zero-order chi connectivity index (χ0) is 15.0. The van der Waals surface area contributed by atoms with Crippen LogP contribution in [-0.4, -0.2) is 17.6 Å². The van der Waals surface area contributed by atoms with Crippen molar-refractivity contribution in [3.05, 3.63) is 47.0 Å². The summed E-state index contributed by atoms with van der Waals surface area (Å²) in [6, 6.07) is 9.64. The van der Waals surface area contributed by atoms with Gasteiger partial charge in [0.15, 0.2) is 0 Å². The van der Waals surface area contributed by atoms with Crippen LogP contribution in [0.4, 0.5) is 5.69 Å². The number of aromatic nitrogens is 1. The van der Waals surface area contributed by atoms with Gasteiger partial charge in [0, 0.05) is 7.05 Å². The number of amides is 1. The first kappa shape index (κ1) is 13.7. The van der Waals surface area contributed by atoms with Crippen LogP contribution in [0.25, 0.3) is 10.2 Å². The number of fused-ring (bicyclic) bond motifs is 1. The van der Waals surface area contributed by atoms with Gasteiger partial charge in [0.25, 0.3) is 5.91 Å². The number of carbonyl (C=O) groups excluding carboxylic acids is 1. The zero-order valence-corrected chi connectivity index (χ0v) is 13.0. The van der Waals surface area contributed by atoms with Crippen molar-refractivity contribution in [2.45, 2.75) is 6.92 Å². The number of thiophene rings is 1. The Morgan fingerprint density at radius 3 is 2.81 bits per heavy atom. The highest BCUT2D eigenvalue weighted by atomic mass is 32.1. The van der Waals surface area contributed by atoms with Crippen LogP contribution in [0.3, 0.4) is 0 Å². The number of methoxy groups -OCH3 is 1. The van der Waals surface area contributed by atoms with Crippen LogP contribution in [0.2, 0.25) is 0 Å². The van der Waals surface area contributed by atoms with E-state index in [0.29, 0.717) is 17.1 Å². The molecule has 0 radical (unpaired) electrons. The Hall–Kier alpha value is -2.27. The quantitative estimate of drug-likeness (QED) is 0.799. The lowest BCUT2D eigenvalue weighted by Gasteiger charge is -2.11. The van der Waals surface area contributed by atoms with Gasteiger partial charge in [-0.25, -0.2) is 0 Å². The lowest BCUT2D eigenvalue weighted by Crippen LogP contribution is -2.16. The Labute approximate surface area is 127 Å². The van der Waals surface area contributed by atoms with Gasteiger partial charge in [0.2, 0.25) is 0 Å². The summed E-state index contributed by atoms with van der Waals surface area (Å²) in [5.41, 5.74) is 3.47. The third kappa shape index (κ3) is 2.40. The summed E-state index contributed by atoms with van der Waals surface area (Å²) in [5.74, 6) is 0.523. The molecule has 0 aliphatic carbocycles. The molecule has 0 fully saturated rings. The molecule has 4 nitrogen and oxygen atoms in total. The van der Waals surface area contributed by atoms with E-state index in [1.54, 1.807) is 18.4 Å². The number of nitrogens with one attached hydrogen (secondary N) is 1. The topological polar surface area (TPSA) is 43.3 Å². The van der Waals surface area contributed by atoms with Crippen LogP contribution < -0.4 is 10.1 Å². The van der Waals surface area contributed by atoms with E-state index in [9.17, 15) is 4.79 Å². The molecule has 0 spiro atoms. The second-order valence-corrected chi connectivity index (χ2v) is 5.86. The van der Waals surface area contributed by atoms with Gasteiger partial charge < -0.3 is 14.6 Å². The zero-order valence-electron chi connectivity index (χ0n) is 12.1. The standard InChI is InChI=1S/C16H16N2O2S/c1-10-4-5-14(20-3)11(8-10)17-16(19)13-9-15-12(18(13)2)6-7-21-15/h4-9H,1-3H3,(H,17,19). The maximum atomic E-state index is 12.5. The van der Waals surface area contributed by atoms with Gasteiger partial charge in [0.05, 0.1) is 23.0 Å². The van der Waals surface area contributed by atoms with Crippen molar-refractivity contribution in [3.63, 3.8) is 0 Å². The molecule has 2 heterocycles. The van der Waals surface area contributed by atoms with Crippen molar-refractivity contribution in [2.24, 2.45) is 7.05 Å². The van der Waals surface area contributed by atoms with Crippen molar-refractivity contribution in [1.82, 2.24) is 4.57 Å². The molecule has 3 aromatic rings. The first-order valence-electron chi connectivity index (χ1n) is 6.59. The number of hydrogen-bond donors (Lipinski definition) is 1. The van der Waals surface area contributed by atoms with Gasteiger partial charge in [-0.2, -0.15) is 0 Å². The number of hydrogen-bond acceptors (Lipinski definition) is 3. The third-order valence-electron chi connectivity index (χ3n) is 3.50. The molecular weight excluding hydrogens is 284 g/mol. The molecule has 1 N–H and O–H groups in total. The number of benzene rings is 1. The fraction of sp³-hybridized carbons (Fsp3) is 0.188. The average Bonchev–Trinajstić information content (AvgIpc) is 3.02. The second kappa shape index (κ2) is 5.26. The van der Waals surface area contributed by atoms with E-state index in [4.69, 9.17) is 4.74 Å². The molecule has 0 aliphatic heterocycles. The molecule has 21 heavy (non-hydrogen) atoms. The number of anilines is 1. The molecule has 0 aliphatic rings. The van der Waals surface area contributed by atoms with E-state index >= 15 is 0 Å². The number of carbonyl (C=O) groups is 1. The van der Waals surface area contributed by atoms with Gasteiger partial charge in [0.1, 0.15) is 11.4 Å². The van der Waals surface area contributed by atoms with Crippen LogP contribution in [0.5, 0.6) is 5.75 Å². The van der Waals surface area contributed by atoms with Crippen LogP contribution in [0.15, 0.2) is 35.7 Å². The summed E-state index contributed by atoms with van der Waals surface area (Å²) in [4.78, 5) is 12.5. The monoisotopic (exact) mass is 300 g/mol. The van der Waals surface area contributed by atoms with E-state index in [1.807, 2.05) is 54.3 Å². The minimum atomic E-state index is -0.134. The molecule has 108 valence electrons. The molecular formula is C16H16N2O2S. The highest BCUT2D eigenvalue weighted by molar-refractivity contribution is 7.17. The van der Waals surface area contributed by atoms with Crippen molar-refractivity contribution in [3.8, 4) is 5.75 Å². The first-order valence-corrected chi connectivity index (χ1v) is 7.47. The molecule has 0 unspecified atom stereocenters. The summed E-state index contributed by atoms with van der Waals surface area (Å²) < 4.78 is 8.31. The predicted octanol–water partition coefficient (Wildman–Crippen LogP) is 3.81. The fourth-order valence-electron chi connectivity index (χ4n) is 2.37. The van der Waals surface area contributed by atoms with Gasteiger partial charge in [-0.1, -0.05) is 6.07 Å². The molecule has 1 aromatic carbocycles. The summed E-state index contributed by atoms with van der Waals surface area (Å²) >= 11 is 1.63. The minimum absolute atomic E-state index is 0.134. The summed E-state index contributed by atoms with van der Waals surface area (Å²) in [6.07, 6.45) is 0. The van der Waals surface area contributed by atoms with Gasteiger partial charge in [-0.15, -0.1) is 11.3 Å². The Morgan fingerprint density at radius 1 is 1.29 bits per heavy atom. The summed E-state index contributed by atoms with van der Waals surface area (Å²) in [6.45, 7) is 1.98. The highest BCUT2D eigenvalue weighted by Crippen LogP contribution is 2.28. The average molecular weight is 300 g/mol. The lowest BCUT2D eigenvalue weighted by molar-refractivity contribution is 0.101. The van der Waals surface area contributed by atoms with E-state index in [1.165, 1.54) is 0 Å².